The van der Waals surface area contributed by atoms with Crippen molar-refractivity contribution >= 4 is 37.6 Å². The summed E-state index contributed by atoms with van der Waals surface area (Å²) < 4.78 is 23.9. The molecule has 0 amide bonds. The largest absolute Gasteiger partial charge is 0.481 e. The van der Waals surface area contributed by atoms with Gasteiger partial charge in [-0.15, -0.1) is 0 Å². The molecule has 0 saturated heterocycles. The van der Waals surface area contributed by atoms with Gasteiger partial charge in [-0.3, -0.25) is 4.79 Å². The quantitative estimate of drug-likeness (QED) is 0.491. The maximum Gasteiger partial charge on any atom is 0.307 e. The van der Waals surface area contributed by atoms with Crippen molar-refractivity contribution in [3.8, 4) is 11.1 Å². The molecule has 4 aromatic rings. The number of aromatic nitrogens is 2. The molecular formula is C20H18N2O4S. The Labute approximate surface area is 155 Å². The second-order valence-corrected chi connectivity index (χ2v) is 8.89. The average molecular weight is 382 g/mol. The molecule has 6 nitrogen and oxygen atoms in total. The molecule has 0 aliphatic carbocycles. The van der Waals surface area contributed by atoms with Crippen molar-refractivity contribution in [2.75, 3.05) is 6.26 Å². The highest BCUT2D eigenvalue weighted by Gasteiger charge is 2.19. The number of carboxylic acid groups (broad SMARTS) is 1. The Morgan fingerprint density at radius 1 is 1.07 bits per heavy atom. The number of carboxylic acids is 1. The van der Waals surface area contributed by atoms with Crippen LogP contribution in [0.25, 0.3) is 32.9 Å². The van der Waals surface area contributed by atoms with Crippen LogP contribution in [0.3, 0.4) is 0 Å². The second-order valence-electron chi connectivity index (χ2n) is 6.75. The van der Waals surface area contributed by atoms with Gasteiger partial charge in [0.05, 0.1) is 12.2 Å². The molecule has 3 N–H and O–H groups in total. The molecule has 0 bridgehead atoms. The number of fused-ring (bicyclic) bond motifs is 2. The zero-order chi connectivity index (χ0) is 19.2. The van der Waals surface area contributed by atoms with Gasteiger partial charge in [0, 0.05) is 51.1 Å². The predicted molar refractivity (Wildman–Crippen MR) is 105 cm³/mol. The summed E-state index contributed by atoms with van der Waals surface area (Å²) in [5.74, 6) is -0.991. The minimum Gasteiger partial charge on any atom is -0.481 e. The van der Waals surface area contributed by atoms with Gasteiger partial charge in [-0.2, -0.15) is 0 Å². The average Bonchev–Trinajstić information content (AvgIpc) is 3.12. The molecule has 138 valence electrons. The first kappa shape index (κ1) is 17.4. The van der Waals surface area contributed by atoms with Gasteiger partial charge in [0.1, 0.15) is 0 Å². The van der Waals surface area contributed by atoms with E-state index in [-0.39, 0.29) is 12.2 Å². The first-order valence-electron chi connectivity index (χ1n) is 8.41. The van der Waals surface area contributed by atoms with E-state index in [0.29, 0.717) is 11.3 Å². The zero-order valence-corrected chi connectivity index (χ0v) is 15.4. The Balaban J connectivity index is 1.98. The summed E-state index contributed by atoms with van der Waals surface area (Å²) in [5.41, 5.74) is 4.74. The van der Waals surface area contributed by atoms with Crippen molar-refractivity contribution in [3.05, 3.63) is 59.9 Å². The lowest BCUT2D eigenvalue weighted by atomic mass is 9.99. The van der Waals surface area contributed by atoms with E-state index in [9.17, 15) is 13.2 Å². The molecule has 0 unspecified atom stereocenters. The molecule has 0 saturated carbocycles. The fraction of sp³-hybridized carbons (Fsp3) is 0.150. The second kappa shape index (κ2) is 6.28. The summed E-state index contributed by atoms with van der Waals surface area (Å²) in [6.07, 6.45) is 2.99. The van der Waals surface area contributed by atoms with Gasteiger partial charge >= 0.3 is 5.97 Å². The third kappa shape index (κ3) is 3.33. The number of para-hydroxylation sites is 1. The maximum atomic E-state index is 11.9. The van der Waals surface area contributed by atoms with E-state index in [0.717, 1.165) is 32.9 Å². The summed E-state index contributed by atoms with van der Waals surface area (Å²) in [7, 11) is -3.23. The van der Waals surface area contributed by atoms with Gasteiger partial charge < -0.3 is 15.1 Å². The number of carbonyl (C=O) groups is 1. The molecular weight excluding hydrogens is 364 g/mol. The fourth-order valence-electron chi connectivity index (χ4n) is 3.54. The minimum atomic E-state index is -3.23. The smallest absolute Gasteiger partial charge is 0.307 e. The lowest BCUT2D eigenvalue weighted by Gasteiger charge is -2.05. The maximum absolute atomic E-state index is 11.9. The number of nitrogens with one attached hydrogen (secondary N) is 2. The summed E-state index contributed by atoms with van der Waals surface area (Å²) in [6.45, 7) is 0. The summed E-state index contributed by atoms with van der Waals surface area (Å²) in [4.78, 5) is 17.5. The number of hydrogen-bond acceptors (Lipinski definition) is 3. The van der Waals surface area contributed by atoms with Crippen LogP contribution in [0, 0.1) is 0 Å². The normalized spacial score (nSPS) is 12.0. The molecule has 0 aliphatic heterocycles. The molecule has 7 heteroatoms. The molecule has 4 rings (SSSR count). The molecule has 27 heavy (non-hydrogen) atoms. The van der Waals surface area contributed by atoms with Gasteiger partial charge in [-0.05, 0) is 23.8 Å². The Bertz CT molecular complexity index is 1280. The van der Waals surface area contributed by atoms with Gasteiger partial charge in [0.15, 0.2) is 9.84 Å². The molecule has 2 aromatic heterocycles. The molecule has 0 fully saturated rings. The van der Waals surface area contributed by atoms with E-state index < -0.39 is 15.8 Å². The van der Waals surface area contributed by atoms with E-state index in [1.165, 1.54) is 6.26 Å². The third-order valence-corrected chi connectivity index (χ3v) is 5.37. The van der Waals surface area contributed by atoms with E-state index in [4.69, 9.17) is 5.11 Å². The van der Waals surface area contributed by atoms with Crippen LogP contribution in [-0.2, 0) is 26.8 Å². The number of H-pyrrole nitrogens is 2. The van der Waals surface area contributed by atoms with Gasteiger partial charge in [0.2, 0.25) is 0 Å². The summed E-state index contributed by atoms with van der Waals surface area (Å²) in [6, 6.07) is 13.1. The highest BCUT2D eigenvalue weighted by atomic mass is 32.2. The van der Waals surface area contributed by atoms with Gasteiger partial charge in [-0.25, -0.2) is 8.42 Å². The monoisotopic (exact) mass is 382 g/mol. The molecule has 0 atom stereocenters. The number of rotatable bonds is 5. The Morgan fingerprint density at radius 2 is 1.85 bits per heavy atom. The van der Waals surface area contributed by atoms with Crippen LogP contribution in [-0.4, -0.2) is 35.7 Å². The van der Waals surface area contributed by atoms with E-state index in [1.54, 1.807) is 6.07 Å². The Hall–Kier alpha value is -3.06. The molecule has 2 heterocycles. The fourth-order valence-corrected chi connectivity index (χ4v) is 4.28. The highest BCUT2D eigenvalue weighted by Crippen LogP contribution is 2.37. The molecule has 0 spiro atoms. The number of aliphatic carboxylic acids is 1. The molecule has 0 aliphatic rings. The number of sulfone groups is 1. The van der Waals surface area contributed by atoms with E-state index in [1.807, 2.05) is 42.6 Å². The van der Waals surface area contributed by atoms with Crippen LogP contribution in [0.5, 0.6) is 0 Å². The van der Waals surface area contributed by atoms with Crippen molar-refractivity contribution in [2.24, 2.45) is 0 Å². The van der Waals surface area contributed by atoms with Crippen molar-refractivity contribution < 1.29 is 18.3 Å². The topological polar surface area (TPSA) is 103 Å². The van der Waals surface area contributed by atoms with Crippen molar-refractivity contribution in [2.45, 2.75) is 12.2 Å². The lowest BCUT2D eigenvalue weighted by molar-refractivity contribution is -0.136. The number of aromatic amines is 2. The molecule has 0 radical (unpaired) electrons. The summed E-state index contributed by atoms with van der Waals surface area (Å²) in [5, 5.41) is 10.9. The first-order chi connectivity index (χ1) is 12.8. The Kier molecular flexibility index (Phi) is 4.04. The highest BCUT2D eigenvalue weighted by molar-refractivity contribution is 7.89. The Morgan fingerprint density at radius 3 is 2.59 bits per heavy atom. The lowest BCUT2D eigenvalue weighted by Crippen LogP contribution is -2.02. The van der Waals surface area contributed by atoms with Crippen LogP contribution >= 0.6 is 0 Å². The van der Waals surface area contributed by atoms with Crippen molar-refractivity contribution in [1.82, 2.24) is 9.97 Å². The van der Waals surface area contributed by atoms with Gasteiger partial charge in [-0.1, -0.05) is 24.3 Å². The van der Waals surface area contributed by atoms with Gasteiger partial charge in [0.25, 0.3) is 0 Å². The van der Waals surface area contributed by atoms with Crippen molar-refractivity contribution in [3.63, 3.8) is 0 Å². The zero-order valence-electron chi connectivity index (χ0n) is 14.6. The first-order valence-corrected chi connectivity index (χ1v) is 10.5. The summed E-state index contributed by atoms with van der Waals surface area (Å²) >= 11 is 0. The third-order valence-electron chi connectivity index (χ3n) is 4.56. The van der Waals surface area contributed by atoms with E-state index >= 15 is 0 Å². The van der Waals surface area contributed by atoms with Crippen LogP contribution in [0.1, 0.15) is 11.3 Å². The van der Waals surface area contributed by atoms with Crippen LogP contribution in [0.4, 0.5) is 0 Å². The van der Waals surface area contributed by atoms with Crippen LogP contribution in [0.2, 0.25) is 0 Å². The number of hydrogen-bond donors (Lipinski definition) is 3. The van der Waals surface area contributed by atoms with Crippen LogP contribution < -0.4 is 0 Å². The van der Waals surface area contributed by atoms with Crippen LogP contribution in [0.15, 0.2) is 48.7 Å². The van der Waals surface area contributed by atoms with Crippen molar-refractivity contribution in [1.29, 1.82) is 0 Å². The molecule has 2 aromatic carbocycles. The van der Waals surface area contributed by atoms with E-state index in [2.05, 4.69) is 9.97 Å². The SMILES string of the molecule is CS(=O)(=O)Cc1[nH]c2ccccc2c1-c1c[nH]c2ccc(CC(=O)O)cc12. The number of benzene rings is 2. The standard InChI is InChI=1S/C20H18N2O4S/c1-27(25,26)11-18-20(13-4-2-3-5-17(13)22-18)15-10-21-16-7-6-12(8-14(15)16)9-19(23)24/h2-8,10,21-22H,9,11H2,1H3,(H,23,24). The minimum absolute atomic E-state index is 0.0648. The predicted octanol–water partition coefficient (Wildman–Crippen LogP) is 3.49.